The monoisotopic (exact) mass is 344 g/mol. The number of carbonyl (C=O) groups is 1. The molecule has 2 aromatic carbocycles. The van der Waals surface area contributed by atoms with Gasteiger partial charge in [0, 0.05) is 22.9 Å². The Morgan fingerprint density at radius 1 is 0.957 bits per heavy atom. The second-order valence-corrected chi connectivity index (χ2v) is 6.86. The van der Waals surface area contributed by atoms with Crippen molar-refractivity contribution in [2.24, 2.45) is 5.92 Å². The molecule has 0 N–H and O–H groups in total. The first kappa shape index (κ1) is 16.3. The minimum Gasteiger partial charge on any atom is -0.300 e. The summed E-state index contributed by atoms with van der Waals surface area (Å²) in [5.41, 5.74) is 3.43. The van der Waals surface area contributed by atoms with Crippen molar-refractivity contribution in [3.63, 3.8) is 0 Å². The molecule has 1 saturated carbocycles. The first-order chi connectivity index (χ1) is 11.1. The number of carbonyl (C=O) groups excluding carboxylic acids is 1. The Morgan fingerprint density at radius 3 is 2.17 bits per heavy atom. The number of Topliss-reactive ketones (excluding diaryl/α,β-unsaturated/α-hetero) is 1. The minimum absolute atomic E-state index is 0.271. The van der Waals surface area contributed by atoms with Gasteiger partial charge < -0.3 is 0 Å². The van der Waals surface area contributed by atoms with E-state index in [1.807, 2.05) is 48.5 Å². The van der Waals surface area contributed by atoms with E-state index >= 15 is 0 Å². The van der Waals surface area contributed by atoms with Crippen molar-refractivity contribution in [2.75, 3.05) is 0 Å². The van der Waals surface area contributed by atoms with Crippen LogP contribution < -0.4 is 0 Å². The lowest BCUT2D eigenvalue weighted by Gasteiger charge is -2.24. The zero-order valence-electron chi connectivity index (χ0n) is 12.8. The van der Waals surface area contributed by atoms with Crippen LogP contribution >= 0.6 is 23.2 Å². The molecule has 0 bridgehead atoms. The van der Waals surface area contributed by atoms with Crippen molar-refractivity contribution in [3.8, 4) is 0 Å². The Balaban J connectivity index is 2.00. The molecular formula is C20H18Cl2O. The molecule has 1 aliphatic carbocycles. The zero-order valence-corrected chi connectivity index (χ0v) is 14.3. The maximum absolute atomic E-state index is 11.9. The smallest absolute Gasteiger partial charge is 0.133 e. The summed E-state index contributed by atoms with van der Waals surface area (Å²) in [5.74, 6) is 0.630. The van der Waals surface area contributed by atoms with Gasteiger partial charge in [0.05, 0.1) is 0 Å². The second-order valence-electron chi connectivity index (χ2n) is 5.99. The topological polar surface area (TPSA) is 17.1 Å². The molecule has 0 spiro atoms. The molecule has 23 heavy (non-hydrogen) atoms. The lowest BCUT2D eigenvalue weighted by Crippen LogP contribution is -2.16. The average Bonchev–Trinajstić information content (AvgIpc) is 2.55. The van der Waals surface area contributed by atoms with Crippen molar-refractivity contribution < 1.29 is 4.79 Å². The van der Waals surface area contributed by atoms with Gasteiger partial charge in [-0.15, -0.1) is 0 Å². The molecule has 1 aliphatic rings. The van der Waals surface area contributed by atoms with Crippen molar-refractivity contribution >= 4 is 40.6 Å². The van der Waals surface area contributed by atoms with E-state index in [9.17, 15) is 4.79 Å². The predicted octanol–water partition coefficient (Wildman–Crippen LogP) is 6.29. The van der Waals surface area contributed by atoms with Gasteiger partial charge in [0.2, 0.25) is 0 Å². The maximum Gasteiger partial charge on any atom is 0.133 e. The van der Waals surface area contributed by atoms with Crippen LogP contribution in [0.5, 0.6) is 0 Å². The van der Waals surface area contributed by atoms with Crippen LogP contribution in [0.25, 0.3) is 11.6 Å². The van der Waals surface area contributed by atoms with Gasteiger partial charge in [0.15, 0.2) is 0 Å². The van der Waals surface area contributed by atoms with Crippen LogP contribution in [0, 0.1) is 5.92 Å². The van der Waals surface area contributed by atoms with Gasteiger partial charge >= 0.3 is 0 Å². The third kappa shape index (κ3) is 4.25. The summed E-state index contributed by atoms with van der Waals surface area (Å²) in [6, 6.07) is 15.6. The predicted molar refractivity (Wildman–Crippen MR) is 97.7 cm³/mol. The third-order valence-electron chi connectivity index (χ3n) is 4.29. The highest BCUT2D eigenvalue weighted by Crippen LogP contribution is 2.36. The molecular weight excluding hydrogens is 327 g/mol. The van der Waals surface area contributed by atoms with E-state index in [1.54, 1.807) is 0 Å². The van der Waals surface area contributed by atoms with Crippen LogP contribution in [0.3, 0.4) is 0 Å². The molecule has 1 nitrogen and oxygen atoms in total. The van der Waals surface area contributed by atoms with Crippen molar-refractivity contribution in [2.45, 2.75) is 25.7 Å². The average molecular weight is 345 g/mol. The molecule has 0 radical (unpaired) electrons. The second kappa shape index (κ2) is 7.33. The highest BCUT2D eigenvalue weighted by molar-refractivity contribution is 6.30. The highest BCUT2D eigenvalue weighted by atomic mass is 35.5. The van der Waals surface area contributed by atoms with Gasteiger partial charge in [-0.25, -0.2) is 0 Å². The van der Waals surface area contributed by atoms with Crippen LogP contribution in [-0.2, 0) is 4.79 Å². The molecule has 0 unspecified atom stereocenters. The largest absolute Gasteiger partial charge is 0.300 e. The quantitative estimate of drug-likeness (QED) is 0.597. The maximum atomic E-state index is 11.9. The number of hydrogen-bond acceptors (Lipinski definition) is 1. The van der Waals surface area contributed by atoms with E-state index in [0.717, 1.165) is 34.0 Å². The Bertz CT molecular complexity index is 714. The summed E-state index contributed by atoms with van der Waals surface area (Å²) in [6.45, 7) is 0. The highest BCUT2D eigenvalue weighted by Gasteiger charge is 2.23. The summed E-state index contributed by atoms with van der Waals surface area (Å²) in [5, 5.41) is 1.45. The van der Waals surface area contributed by atoms with E-state index < -0.39 is 0 Å². The molecule has 0 heterocycles. The molecule has 2 aromatic rings. The first-order valence-corrected chi connectivity index (χ1v) is 8.62. The van der Waals surface area contributed by atoms with Gasteiger partial charge in [0.25, 0.3) is 0 Å². The Kier molecular flexibility index (Phi) is 5.20. The molecule has 0 aliphatic heterocycles. The van der Waals surface area contributed by atoms with E-state index in [1.165, 1.54) is 5.57 Å². The number of benzene rings is 2. The van der Waals surface area contributed by atoms with E-state index in [2.05, 4.69) is 6.08 Å². The van der Waals surface area contributed by atoms with Crippen LogP contribution in [0.15, 0.2) is 48.5 Å². The summed E-state index contributed by atoms with van der Waals surface area (Å²) < 4.78 is 0. The lowest BCUT2D eigenvalue weighted by atomic mass is 9.79. The number of hydrogen-bond donors (Lipinski definition) is 0. The summed E-state index contributed by atoms with van der Waals surface area (Å²) in [7, 11) is 0. The van der Waals surface area contributed by atoms with Gasteiger partial charge in [-0.3, -0.25) is 4.79 Å². The lowest BCUT2D eigenvalue weighted by molar-refractivity contribution is -0.120. The van der Waals surface area contributed by atoms with Crippen molar-refractivity contribution in [1.82, 2.24) is 0 Å². The Labute approximate surface area is 146 Å². The number of ketones is 1. The van der Waals surface area contributed by atoms with Gasteiger partial charge in [-0.05, 0) is 59.7 Å². The number of allylic oxidation sites excluding steroid dienone is 1. The van der Waals surface area contributed by atoms with Gasteiger partial charge in [-0.1, -0.05) is 53.5 Å². The molecule has 0 amide bonds. The SMILES string of the molecule is O=C1CCC[C@H](/C(=C\c2ccc(Cl)cc2)c2ccc(Cl)cc2)C1. The standard InChI is InChI=1S/C20H18Cl2O/c21-17-8-4-14(5-9-17)12-20(15-6-10-18(22)11-7-15)16-2-1-3-19(23)13-16/h4-12,16H,1-3,13H2/b20-12-/t16-/m0/s1. The normalized spacial score (nSPS) is 19.0. The van der Waals surface area contributed by atoms with E-state index in [-0.39, 0.29) is 5.92 Å². The van der Waals surface area contributed by atoms with Crippen LogP contribution in [0.2, 0.25) is 10.0 Å². The Morgan fingerprint density at radius 2 is 1.57 bits per heavy atom. The van der Waals surface area contributed by atoms with Gasteiger partial charge in [-0.2, -0.15) is 0 Å². The molecule has 118 valence electrons. The number of halogens is 2. The molecule has 1 fully saturated rings. The van der Waals surface area contributed by atoms with Crippen molar-refractivity contribution in [3.05, 3.63) is 69.7 Å². The van der Waals surface area contributed by atoms with Crippen molar-refractivity contribution in [1.29, 1.82) is 0 Å². The summed E-state index contributed by atoms with van der Waals surface area (Å²) in [6.07, 6.45) is 5.53. The van der Waals surface area contributed by atoms with E-state index in [4.69, 9.17) is 23.2 Å². The first-order valence-electron chi connectivity index (χ1n) is 7.86. The van der Waals surface area contributed by atoms with Crippen LogP contribution in [-0.4, -0.2) is 5.78 Å². The minimum atomic E-state index is 0.271. The number of rotatable bonds is 3. The molecule has 0 aromatic heterocycles. The third-order valence-corrected chi connectivity index (χ3v) is 4.80. The molecule has 0 saturated heterocycles. The summed E-state index contributed by atoms with van der Waals surface area (Å²) >= 11 is 12.0. The van der Waals surface area contributed by atoms with Crippen LogP contribution in [0.4, 0.5) is 0 Å². The Hall–Kier alpha value is -1.57. The fourth-order valence-corrected chi connectivity index (χ4v) is 3.36. The van der Waals surface area contributed by atoms with Gasteiger partial charge in [0.1, 0.15) is 5.78 Å². The molecule has 3 rings (SSSR count). The fourth-order valence-electron chi connectivity index (χ4n) is 3.11. The zero-order chi connectivity index (χ0) is 16.2. The summed E-state index contributed by atoms with van der Waals surface area (Å²) in [4.78, 5) is 11.9. The molecule has 3 heteroatoms. The van der Waals surface area contributed by atoms with E-state index in [0.29, 0.717) is 18.6 Å². The van der Waals surface area contributed by atoms with Crippen LogP contribution in [0.1, 0.15) is 36.8 Å². The fraction of sp³-hybridized carbons (Fsp3) is 0.250. The molecule has 1 atom stereocenters.